The summed E-state index contributed by atoms with van der Waals surface area (Å²) in [5, 5.41) is 20.0. The van der Waals surface area contributed by atoms with Gasteiger partial charge in [-0.2, -0.15) is 0 Å². The number of aryl methyl sites for hydroxylation is 4. The van der Waals surface area contributed by atoms with Gasteiger partial charge in [0.1, 0.15) is 0 Å². The lowest BCUT2D eigenvalue weighted by Gasteiger charge is -2.16. The molecule has 2 aliphatic heterocycles. The number of carboxylic acids is 2. The van der Waals surface area contributed by atoms with E-state index in [1.54, 1.807) is 0 Å². The molecule has 2 aliphatic rings. The molecule has 0 amide bonds. The van der Waals surface area contributed by atoms with Crippen molar-refractivity contribution in [3.63, 3.8) is 0 Å². The molecular formula is C40H52N4O5. The molecule has 0 aliphatic carbocycles. The molecule has 0 saturated carbocycles. The van der Waals surface area contributed by atoms with Gasteiger partial charge in [0.15, 0.2) is 0 Å². The Balaban J connectivity index is 1.74. The number of H-pyrrole nitrogens is 2. The zero-order valence-corrected chi connectivity index (χ0v) is 30.2. The van der Waals surface area contributed by atoms with Crippen LogP contribution in [0.4, 0.5) is 0 Å². The van der Waals surface area contributed by atoms with Crippen LogP contribution >= 0.6 is 0 Å². The fourth-order valence-corrected chi connectivity index (χ4v) is 7.44. The summed E-state index contributed by atoms with van der Waals surface area (Å²) in [6.45, 7) is 15.5. The lowest BCUT2D eigenvalue weighted by molar-refractivity contribution is -0.137. The van der Waals surface area contributed by atoms with Gasteiger partial charge in [-0.1, -0.05) is 52.9 Å². The molecule has 5 rings (SSSR count). The molecule has 0 spiro atoms. The summed E-state index contributed by atoms with van der Waals surface area (Å²) in [4.78, 5) is 41.7. The lowest BCUT2D eigenvalue weighted by Crippen LogP contribution is -2.07. The first kappa shape index (κ1) is 36.1. The second kappa shape index (κ2) is 15.5. The van der Waals surface area contributed by atoms with Crippen molar-refractivity contribution in [2.45, 2.75) is 118 Å². The molecule has 3 aromatic heterocycles. The highest BCUT2D eigenvalue weighted by Gasteiger charge is 2.32. The molecule has 0 radical (unpaired) electrons. The van der Waals surface area contributed by atoms with Crippen molar-refractivity contribution >= 4 is 45.2 Å². The number of aromatic carboxylic acids is 1. The fraction of sp³-hybridized carbons (Fsp3) is 0.500. The molecule has 0 unspecified atom stereocenters. The van der Waals surface area contributed by atoms with Crippen molar-refractivity contribution < 1.29 is 24.5 Å². The molecule has 3 aromatic rings. The molecule has 4 N–H and O–H groups in total. The van der Waals surface area contributed by atoms with Gasteiger partial charge in [0.2, 0.25) is 0 Å². The van der Waals surface area contributed by atoms with Gasteiger partial charge in [-0.05, 0) is 93.0 Å². The van der Waals surface area contributed by atoms with E-state index >= 15 is 0 Å². The van der Waals surface area contributed by atoms with Crippen molar-refractivity contribution in [2.75, 3.05) is 13.2 Å². The van der Waals surface area contributed by atoms with Gasteiger partial charge < -0.3 is 24.9 Å². The van der Waals surface area contributed by atoms with Crippen molar-refractivity contribution in [1.29, 1.82) is 0 Å². The van der Waals surface area contributed by atoms with Crippen LogP contribution in [0.15, 0.2) is 18.2 Å². The summed E-state index contributed by atoms with van der Waals surface area (Å²) in [5.74, 6) is -2.18. The van der Waals surface area contributed by atoms with Crippen molar-refractivity contribution in [3.8, 4) is 0 Å². The molecule has 0 fully saturated rings. The van der Waals surface area contributed by atoms with Crippen LogP contribution in [0.3, 0.4) is 0 Å². The molecule has 2 atom stereocenters. The lowest BCUT2D eigenvalue weighted by atomic mass is 9.85. The SMILES string of the molecule is CCCCCCCCOCC1=C(C)c2cc3nc(c(C)c4[nH]c(cc5[nH]c(cc1n2)c(C)c5CC)c(C)c4C(=O)O)[C@@H](CCC(=O)O)[C@@H]3C. The maximum absolute atomic E-state index is 12.7. The molecule has 9 nitrogen and oxygen atoms in total. The summed E-state index contributed by atoms with van der Waals surface area (Å²) in [5.41, 5.74) is 12.2. The van der Waals surface area contributed by atoms with Gasteiger partial charge in [-0.25, -0.2) is 9.78 Å². The Bertz CT molecular complexity index is 1930. The number of ether oxygens (including phenoxy) is 1. The Morgan fingerprint density at radius 3 is 2.24 bits per heavy atom. The number of nitrogens with one attached hydrogen (secondary N) is 2. The predicted octanol–water partition coefficient (Wildman–Crippen LogP) is 9.56. The van der Waals surface area contributed by atoms with E-state index in [-0.39, 0.29) is 23.8 Å². The number of hydrogen-bond donors (Lipinski definition) is 4. The number of aliphatic carboxylic acids is 1. The summed E-state index contributed by atoms with van der Waals surface area (Å²) < 4.78 is 6.26. The zero-order valence-electron chi connectivity index (χ0n) is 30.2. The first-order chi connectivity index (χ1) is 23.5. The number of carboxylic acid groups (broad SMARTS) is 2. The fourth-order valence-electron chi connectivity index (χ4n) is 7.44. The molecule has 262 valence electrons. The predicted molar refractivity (Wildman–Crippen MR) is 196 cm³/mol. The first-order valence-corrected chi connectivity index (χ1v) is 17.9. The van der Waals surface area contributed by atoms with Crippen LogP contribution in [-0.4, -0.2) is 55.3 Å². The number of aromatic amines is 2. The van der Waals surface area contributed by atoms with Crippen LogP contribution in [0.1, 0.15) is 146 Å². The van der Waals surface area contributed by atoms with Crippen molar-refractivity contribution in [2.24, 2.45) is 0 Å². The van der Waals surface area contributed by atoms with Crippen molar-refractivity contribution in [1.82, 2.24) is 19.9 Å². The van der Waals surface area contributed by atoms with Gasteiger partial charge in [-0.3, -0.25) is 9.78 Å². The summed E-state index contributed by atoms with van der Waals surface area (Å²) >= 11 is 0. The van der Waals surface area contributed by atoms with Gasteiger partial charge in [-0.15, -0.1) is 0 Å². The van der Waals surface area contributed by atoms with Crippen LogP contribution < -0.4 is 0 Å². The van der Waals surface area contributed by atoms with Gasteiger partial charge >= 0.3 is 11.9 Å². The average molecular weight is 669 g/mol. The number of rotatable bonds is 14. The van der Waals surface area contributed by atoms with Crippen molar-refractivity contribution in [3.05, 3.63) is 68.8 Å². The number of hydrogen-bond acceptors (Lipinski definition) is 5. The highest BCUT2D eigenvalue weighted by molar-refractivity contribution is 6.02. The highest BCUT2D eigenvalue weighted by Crippen LogP contribution is 2.42. The summed E-state index contributed by atoms with van der Waals surface area (Å²) in [7, 11) is 0. The molecule has 0 saturated heterocycles. The third kappa shape index (κ3) is 7.52. The molecule has 9 heteroatoms. The Kier molecular flexibility index (Phi) is 11.4. The number of nitrogens with zero attached hydrogens (tertiary/aromatic N) is 2. The van der Waals surface area contributed by atoms with E-state index in [0.29, 0.717) is 47.5 Å². The maximum atomic E-state index is 12.7. The normalized spacial score (nSPS) is 16.1. The second-order valence-corrected chi connectivity index (χ2v) is 13.7. The monoisotopic (exact) mass is 668 g/mol. The van der Waals surface area contributed by atoms with E-state index in [4.69, 9.17) is 14.7 Å². The second-order valence-electron chi connectivity index (χ2n) is 13.7. The zero-order chi connectivity index (χ0) is 35.4. The highest BCUT2D eigenvalue weighted by atomic mass is 16.5. The molecular weight excluding hydrogens is 616 g/mol. The largest absolute Gasteiger partial charge is 0.481 e. The van der Waals surface area contributed by atoms with Crippen LogP contribution in [0.5, 0.6) is 0 Å². The smallest absolute Gasteiger partial charge is 0.338 e. The third-order valence-corrected chi connectivity index (χ3v) is 10.5. The van der Waals surface area contributed by atoms with E-state index in [2.05, 4.69) is 50.7 Å². The molecule has 8 bridgehead atoms. The van der Waals surface area contributed by atoms with Crippen LogP contribution in [0.25, 0.3) is 33.2 Å². The molecule has 0 aromatic carbocycles. The van der Waals surface area contributed by atoms with E-state index in [0.717, 1.165) is 63.2 Å². The number of allylic oxidation sites excluding steroid dienone is 1. The van der Waals surface area contributed by atoms with E-state index in [1.807, 2.05) is 26.0 Å². The third-order valence-electron chi connectivity index (χ3n) is 10.5. The number of fused-ring (bicyclic) bond motifs is 8. The molecule has 49 heavy (non-hydrogen) atoms. The Morgan fingerprint density at radius 1 is 0.837 bits per heavy atom. The van der Waals surface area contributed by atoms with E-state index in [1.165, 1.54) is 32.1 Å². The van der Waals surface area contributed by atoms with Crippen LogP contribution in [0.2, 0.25) is 0 Å². The topological polar surface area (TPSA) is 141 Å². The standard InChI is InChI=1S/C40H52N4O5/c1-8-10-11-12-13-14-17-49-21-29-24(5)30-18-32-23(4)28(15-16-36(45)46)38(43-32)26(7)39-37(40(47)48)25(6)33(44-39)20-34-27(9-2)22(3)31(41-34)19-35(29)42-30/h18-20,23,28,41,44H,8-17,21H2,1-7H3,(H,45,46)(H,47,48)/t23-,28-/m0/s1. The minimum Gasteiger partial charge on any atom is -0.481 e. The average Bonchev–Trinajstić information content (AvgIpc) is 3.74. The Hall–Kier alpha value is -4.24. The summed E-state index contributed by atoms with van der Waals surface area (Å²) in [6, 6.07) is 6.13. The van der Waals surface area contributed by atoms with Gasteiger partial charge in [0.05, 0.1) is 29.1 Å². The minimum absolute atomic E-state index is 0.00983. The van der Waals surface area contributed by atoms with E-state index < -0.39 is 11.9 Å². The quantitative estimate of drug-likeness (QED) is 0.125. The minimum atomic E-state index is -1.02. The first-order valence-electron chi connectivity index (χ1n) is 17.9. The Labute approximate surface area is 289 Å². The van der Waals surface area contributed by atoms with Crippen LogP contribution in [-0.2, 0) is 16.0 Å². The number of aromatic nitrogens is 4. The number of carbonyl (C=O) groups is 2. The van der Waals surface area contributed by atoms with E-state index in [9.17, 15) is 19.8 Å². The van der Waals surface area contributed by atoms with Crippen LogP contribution in [0, 0.1) is 20.8 Å². The molecule has 5 heterocycles. The summed E-state index contributed by atoms with van der Waals surface area (Å²) in [6.07, 6.45) is 8.41. The van der Waals surface area contributed by atoms with Gasteiger partial charge in [0.25, 0.3) is 0 Å². The Morgan fingerprint density at radius 2 is 1.55 bits per heavy atom. The number of unbranched alkanes of at least 4 members (excludes halogenated alkanes) is 5. The van der Waals surface area contributed by atoms with Gasteiger partial charge in [0, 0.05) is 58.4 Å². The maximum Gasteiger partial charge on any atom is 0.338 e.